The molecule has 1 aliphatic carbocycles. The number of aromatic carboxylic acids is 1. The van der Waals surface area contributed by atoms with Crippen LogP contribution in [0.4, 0.5) is 28.0 Å². The van der Waals surface area contributed by atoms with Gasteiger partial charge in [-0.1, -0.05) is 12.1 Å². The summed E-state index contributed by atoms with van der Waals surface area (Å²) in [7, 11) is 0. The molecule has 37 heavy (non-hydrogen) atoms. The zero-order valence-electron chi connectivity index (χ0n) is 18.8. The zero-order chi connectivity index (χ0) is 26.6. The van der Waals surface area contributed by atoms with Gasteiger partial charge in [0.15, 0.2) is 0 Å². The Morgan fingerprint density at radius 1 is 1.11 bits per heavy atom. The molecule has 1 atom stereocenters. The number of alkyl halides is 3. The number of anilines is 1. The van der Waals surface area contributed by atoms with Crippen molar-refractivity contribution in [1.82, 2.24) is 9.13 Å². The number of halogens is 4. The van der Waals surface area contributed by atoms with Crippen LogP contribution < -0.4 is 16.1 Å². The summed E-state index contributed by atoms with van der Waals surface area (Å²) in [6, 6.07) is 5.58. The summed E-state index contributed by atoms with van der Waals surface area (Å²) < 4.78 is 61.7. The number of benzene rings is 2. The van der Waals surface area contributed by atoms with Crippen LogP contribution in [0.1, 0.15) is 39.5 Å². The van der Waals surface area contributed by atoms with E-state index in [9.17, 15) is 37.5 Å². The molecule has 3 aromatic rings. The number of carbonyl (C=O) groups is 2. The Balaban J connectivity index is 1.68. The molecule has 2 heterocycles. The Kier molecular flexibility index (Phi) is 5.65. The van der Waals surface area contributed by atoms with Crippen LogP contribution in [0.15, 0.2) is 52.2 Å². The molecule has 2 aromatic carbocycles. The van der Waals surface area contributed by atoms with Crippen molar-refractivity contribution in [2.75, 3.05) is 18.1 Å². The molecule has 0 spiro atoms. The van der Waals surface area contributed by atoms with Crippen molar-refractivity contribution in [3.63, 3.8) is 0 Å². The van der Waals surface area contributed by atoms with Gasteiger partial charge >= 0.3 is 23.9 Å². The third-order valence-corrected chi connectivity index (χ3v) is 6.47. The topological polar surface area (TPSA) is 111 Å². The van der Waals surface area contributed by atoms with Crippen LogP contribution in [0.25, 0.3) is 5.69 Å². The number of aromatic nitrogens is 2. The number of rotatable bonds is 4. The van der Waals surface area contributed by atoms with Crippen molar-refractivity contribution >= 4 is 17.7 Å². The third-order valence-electron chi connectivity index (χ3n) is 6.47. The van der Waals surface area contributed by atoms with Gasteiger partial charge < -0.3 is 9.84 Å². The molecular weight excluding hydrogens is 502 g/mol. The molecule has 1 aliphatic heterocycles. The number of ether oxygens (including phenoxy) is 1. The Morgan fingerprint density at radius 3 is 2.49 bits per heavy atom. The first kappa shape index (κ1) is 24.3. The van der Waals surface area contributed by atoms with E-state index in [0.717, 1.165) is 29.2 Å². The predicted molar refractivity (Wildman–Crippen MR) is 120 cm³/mol. The molecular formula is C24H17F4N3O6. The maximum Gasteiger partial charge on any atom is 0.416 e. The van der Waals surface area contributed by atoms with E-state index in [4.69, 9.17) is 4.74 Å². The fourth-order valence-corrected chi connectivity index (χ4v) is 4.82. The van der Waals surface area contributed by atoms with E-state index in [1.807, 2.05) is 0 Å². The second kappa shape index (κ2) is 8.61. The predicted octanol–water partition coefficient (Wildman–Crippen LogP) is 3.35. The number of amides is 1. The van der Waals surface area contributed by atoms with Gasteiger partial charge in [0, 0.05) is 6.20 Å². The standard InChI is InChI=1S/C24H17F4N3O6/c25-17-10-12(29-8-9-37-23(29)36)4-6-19(17)30-11-15(21(33)34)20(32)31(22(30)35)18-7-5-13-14(18)2-1-3-16(13)24(26,27)28/h1-4,6,10-11,18H,5,7-9H2,(H,33,34)/t18-/m1/s1. The number of fused-ring (bicyclic) bond motifs is 1. The molecule has 5 rings (SSSR count). The highest BCUT2D eigenvalue weighted by Crippen LogP contribution is 2.41. The Morgan fingerprint density at radius 2 is 1.86 bits per heavy atom. The first-order valence-electron chi connectivity index (χ1n) is 11.0. The molecule has 1 N–H and O–H groups in total. The number of carboxylic acids is 1. The van der Waals surface area contributed by atoms with Crippen molar-refractivity contribution in [2.24, 2.45) is 0 Å². The normalized spacial score (nSPS) is 17.1. The lowest BCUT2D eigenvalue weighted by molar-refractivity contribution is -0.138. The fraction of sp³-hybridized carbons (Fsp3) is 0.250. The molecule has 1 amide bonds. The summed E-state index contributed by atoms with van der Waals surface area (Å²) in [6.45, 7) is 0.278. The molecule has 0 bridgehead atoms. The molecule has 1 aromatic heterocycles. The number of nitrogens with zero attached hydrogens (tertiary/aromatic N) is 3. The van der Waals surface area contributed by atoms with Gasteiger partial charge in [-0.25, -0.2) is 18.8 Å². The molecule has 0 radical (unpaired) electrons. The maximum atomic E-state index is 15.2. The maximum absolute atomic E-state index is 15.2. The van der Waals surface area contributed by atoms with Gasteiger partial charge in [-0.05, 0) is 48.2 Å². The van der Waals surface area contributed by atoms with Crippen LogP contribution >= 0.6 is 0 Å². The van der Waals surface area contributed by atoms with Gasteiger partial charge in [-0.15, -0.1) is 0 Å². The number of carboxylic acid groups (broad SMARTS) is 1. The van der Waals surface area contributed by atoms with Crippen molar-refractivity contribution < 1.29 is 37.0 Å². The Bertz CT molecular complexity index is 1580. The van der Waals surface area contributed by atoms with E-state index in [0.29, 0.717) is 15.3 Å². The van der Waals surface area contributed by atoms with Crippen LogP contribution in [-0.4, -0.2) is 39.5 Å². The smallest absolute Gasteiger partial charge is 0.416 e. The van der Waals surface area contributed by atoms with Crippen molar-refractivity contribution in [3.05, 3.63) is 91.5 Å². The summed E-state index contributed by atoms with van der Waals surface area (Å²) in [4.78, 5) is 51.3. The monoisotopic (exact) mass is 519 g/mol. The summed E-state index contributed by atoms with van der Waals surface area (Å²) >= 11 is 0. The van der Waals surface area contributed by atoms with Crippen LogP contribution in [0.3, 0.4) is 0 Å². The van der Waals surface area contributed by atoms with Gasteiger partial charge in [0.05, 0.1) is 29.5 Å². The lowest BCUT2D eigenvalue weighted by Gasteiger charge is -2.19. The number of cyclic esters (lactones) is 1. The highest BCUT2D eigenvalue weighted by molar-refractivity contribution is 5.89. The van der Waals surface area contributed by atoms with Crippen molar-refractivity contribution in [3.8, 4) is 5.69 Å². The van der Waals surface area contributed by atoms with E-state index >= 15 is 4.39 Å². The second-order valence-corrected chi connectivity index (χ2v) is 8.50. The largest absolute Gasteiger partial charge is 0.477 e. The molecule has 1 fully saturated rings. The average Bonchev–Trinajstić information content (AvgIpc) is 3.45. The average molecular weight is 519 g/mol. The Hall–Kier alpha value is -4.42. The van der Waals surface area contributed by atoms with Gasteiger partial charge in [0.25, 0.3) is 5.56 Å². The highest BCUT2D eigenvalue weighted by Gasteiger charge is 2.38. The van der Waals surface area contributed by atoms with Gasteiger partial charge in [0.1, 0.15) is 18.0 Å². The molecule has 13 heteroatoms. The molecule has 1 saturated heterocycles. The summed E-state index contributed by atoms with van der Waals surface area (Å²) in [5.41, 5.74) is -4.44. The third kappa shape index (κ3) is 3.96. The SMILES string of the molecule is O=C(O)c1cn(-c2ccc(N3CCOC3=O)cc2F)c(=O)n([C@@H]2CCc3c2cccc3C(F)(F)F)c1=O. The fourth-order valence-electron chi connectivity index (χ4n) is 4.82. The molecule has 0 unspecified atom stereocenters. The van der Waals surface area contributed by atoms with Crippen LogP contribution in [0.2, 0.25) is 0 Å². The lowest BCUT2D eigenvalue weighted by Crippen LogP contribution is -2.44. The molecule has 0 saturated carbocycles. The minimum Gasteiger partial charge on any atom is -0.477 e. The van der Waals surface area contributed by atoms with Gasteiger partial charge in [-0.2, -0.15) is 13.2 Å². The Labute approximate surface area is 204 Å². The molecule has 2 aliphatic rings. The first-order chi connectivity index (χ1) is 17.5. The number of carbonyl (C=O) groups excluding carboxylic acids is 1. The molecule has 192 valence electrons. The number of hydrogen-bond donors (Lipinski definition) is 1. The van der Waals surface area contributed by atoms with E-state index < -0.39 is 58.2 Å². The minimum absolute atomic E-state index is 0.0616. The lowest BCUT2D eigenvalue weighted by atomic mass is 10.0. The van der Waals surface area contributed by atoms with E-state index in [1.165, 1.54) is 12.1 Å². The van der Waals surface area contributed by atoms with Crippen LogP contribution in [0.5, 0.6) is 0 Å². The zero-order valence-corrected chi connectivity index (χ0v) is 18.8. The van der Waals surface area contributed by atoms with E-state index in [2.05, 4.69) is 0 Å². The van der Waals surface area contributed by atoms with Crippen LogP contribution in [-0.2, 0) is 17.3 Å². The molecule has 9 nitrogen and oxygen atoms in total. The van der Waals surface area contributed by atoms with E-state index in [1.54, 1.807) is 0 Å². The summed E-state index contributed by atoms with van der Waals surface area (Å²) in [5, 5.41) is 9.60. The van der Waals surface area contributed by atoms with Gasteiger partial charge in [-0.3, -0.25) is 18.8 Å². The van der Waals surface area contributed by atoms with Crippen LogP contribution in [0, 0.1) is 5.82 Å². The first-order valence-corrected chi connectivity index (χ1v) is 11.0. The quantitative estimate of drug-likeness (QED) is 0.530. The van der Waals surface area contributed by atoms with Crippen molar-refractivity contribution in [1.29, 1.82) is 0 Å². The van der Waals surface area contributed by atoms with Crippen molar-refractivity contribution in [2.45, 2.75) is 25.1 Å². The van der Waals surface area contributed by atoms with E-state index in [-0.39, 0.29) is 42.8 Å². The summed E-state index contributed by atoms with van der Waals surface area (Å²) in [6.07, 6.45) is -4.86. The number of hydrogen-bond acceptors (Lipinski definition) is 5. The summed E-state index contributed by atoms with van der Waals surface area (Å²) in [5.74, 6) is -2.71. The van der Waals surface area contributed by atoms with Gasteiger partial charge in [0.2, 0.25) is 0 Å². The highest BCUT2D eigenvalue weighted by atomic mass is 19.4. The minimum atomic E-state index is -4.67. The second-order valence-electron chi connectivity index (χ2n) is 8.50.